The molecule has 0 saturated carbocycles. The molecule has 0 amide bonds. The molecule has 5 heteroatoms. The minimum atomic E-state index is -0.531. The Balaban J connectivity index is 3.88. The summed E-state index contributed by atoms with van der Waals surface area (Å²) in [6.07, 6.45) is 0. The normalized spacial score (nSPS) is 10.4. The second kappa shape index (κ2) is 3.73. The predicted octanol–water partition coefficient (Wildman–Crippen LogP) is 0.308. The van der Waals surface area contributed by atoms with Gasteiger partial charge in [0.05, 0.1) is 0 Å². The Morgan fingerprint density at radius 2 is 1.87 bits per heavy atom. The molecule has 0 aromatic carbocycles. The van der Waals surface area contributed by atoms with Gasteiger partial charge < -0.3 is 0 Å². The molecule has 5 nitrogen and oxygen atoms in total. The number of rotatable bonds is 1. The molecule has 0 atom stereocenters. The van der Waals surface area contributed by atoms with E-state index in [-0.39, 0.29) is 17.3 Å². The van der Waals surface area contributed by atoms with Crippen LogP contribution in [0.4, 0.5) is 0 Å². The van der Waals surface area contributed by atoms with E-state index in [9.17, 15) is 9.59 Å². The van der Waals surface area contributed by atoms with Gasteiger partial charge in [-0.1, -0.05) is 0 Å². The molecule has 0 fully saturated rings. The van der Waals surface area contributed by atoms with Crippen molar-refractivity contribution < 1.29 is 0 Å². The summed E-state index contributed by atoms with van der Waals surface area (Å²) in [5.41, 5.74) is -0.449. The van der Waals surface area contributed by atoms with Crippen molar-refractivity contribution in [3.05, 3.63) is 32.1 Å². The van der Waals surface area contributed by atoms with E-state index in [4.69, 9.17) is 5.26 Å². The van der Waals surface area contributed by atoms with Crippen LogP contribution in [0.1, 0.15) is 31.1 Å². The lowest BCUT2D eigenvalue weighted by molar-refractivity contribution is 0.517. The van der Waals surface area contributed by atoms with E-state index in [1.54, 1.807) is 6.92 Å². The smallest absolute Gasteiger partial charge is 0.294 e. The second-order valence-corrected chi connectivity index (χ2v) is 3.68. The van der Waals surface area contributed by atoms with Gasteiger partial charge >= 0.3 is 5.69 Å². The molecule has 1 heterocycles. The van der Waals surface area contributed by atoms with Crippen molar-refractivity contribution in [2.45, 2.75) is 26.8 Å². The molecule has 0 aliphatic rings. The molecule has 80 valence electrons. The summed E-state index contributed by atoms with van der Waals surface area (Å²) >= 11 is 0. The largest absolute Gasteiger partial charge is 0.331 e. The lowest BCUT2D eigenvalue weighted by atomic mass is 10.2. The quantitative estimate of drug-likeness (QED) is 0.665. The number of hydrogen-bond donors (Lipinski definition) is 0. The lowest BCUT2D eigenvalue weighted by Crippen LogP contribution is -2.41. The van der Waals surface area contributed by atoms with Gasteiger partial charge in [0.15, 0.2) is 0 Å². The van der Waals surface area contributed by atoms with Crippen LogP contribution in [0.25, 0.3) is 0 Å². The average molecular weight is 207 g/mol. The highest BCUT2D eigenvalue weighted by Gasteiger charge is 2.15. The van der Waals surface area contributed by atoms with Gasteiger partial charge in [-0.25, -0.2) is 4.79 Å². The molecule has 15 heavy (non-hydrogen) atoms. The third-order valence-electron chi connectivity index (χ3n) is 2.36. The van der Waals surface area contributed by atoms with E-state index in [2.05, 4.69) is 0 Å². The molecular weight excluding hydrogens is 194 g/mol. The van der Waals surface area contributed by atoms with E-state index in [0.29, 0.717) is 5.69 Å². The first-order valence-electron chi connectivity index (χ1n) is 4.64. The number of nitrogens with zero attached hydrogens (tertiary/aromatic N) is 3. The Morgan fingerprint density at radius 1 is 1.33 bits per heavy atom. The summed E-state index contributed by atoms with van der Waals surface area (Å²) in [6, 6.07) is 1.76. The molecule has 0 spiro atoms. The van der Waals surface area contributed by atoms with Crippen molar-refractivity contribution in [2.24, 2.45) is 7.05 Å². The highest BCUT2D eigenvalue weighted by atomic mass is 16.2. The fourth-order valence-electron chi connectivity index (χ4n) is 1.57. The maximum absolute atomic E-state index is 11.7. The van der Waals surface area contributed by atoms with Crippen molar-refractivity contribution in [1.29, 1.82) is 5.26 Å². The van der Waals surface area contributed by atoms with E-state index in [1.165, 1.54) is 11.6 Å². The van der Waals surface area contributed by atoms with Crippen LogP contribution in [0.2, 0.25) is 0 Å². The SMILES string of the molecule is Cc1c(C#N)c(=O)n(C)c(=O)n1C(C)C. The minimum Gasteiger partial charge on any atom is -0.294 e. The zero-order valence-corrected chi connectivity index (χ0v) is 9.24. The molecule has 0 bridgehead atoms. The fraction of sp³-hybridized carbons (Fsp3) is 0.500. The van der Waals surface area contributed by atoms with Crippen LogP contribution in [0.15, 0.2) is 9.59 Å². The highest BCUT2D eigenvalue weighted by Crippen LogP contribution is 2.06. The molecular formula is C10H13N3O2. The number of hydrogen-bond acceptors (Lipinski definition) is 3. The van der Waals surface area contributed by atoms with Gasteiger partial charge in [0.25, 0.3) is 5.56 Å². The van der Waals surface area contributed by atoms with Crippen LogP contribution in [0.5, 0.6) is 0 Å². The van der Waals surface area contributed by atoms with Crippen LogP contribution in [0, 0.1) is 18.3 Å². The van der Waals surface area contributed by atoms with E-state index < -0.39 is 5.56 Å². The number of aromatic nitrogens is 2. The van der Waals surface area contributed by atoms with Crippen LogP contribution in [-0.2, 0) is 7.05 Å². The molecule has 0 aliphatic heterocycles. The third kappa shape index (κ3) is 1.59. The first kappa shape index (κ1) is 11.2. The molecule has 0 aliphatic carbocycles. The monoisotopic (exact) mass is 207 g/mol. The third-order valence-corrected chi connectivity index (χ3v) is 2.36. The van der Waals surface area contributed by atoms with Gasteiger partial charge in [-0.05, 0) is 20.8 Å². The van der Waals surface area contributed by atoms with Crippen molar-refractivity contribution in [3.8, 4) is 6.07 Å². The Morgan fingerprint density at radius 3 is 2.27 bits per heavy atom. The van der Waals surface area contributed by atoms with E-state index >= 15 is 0 Å². The summed E-state index contributed by atoms with van der Waals surface area (Å²) < 4.78 is 2.41. The van der Waals surface area contributed by atoms with Crippen LogP contribution < -0.4 is 11.2 Å². The van der Waals surface area contributed by atoms with Gasteiger partial charge in [-0.15, -0.1) is 0 Å². The van der Waals surface area contributed by atoms with E-state index in [0.717, 1.165) is 4.57 Å². The lowest BCUT2D eigenvalue weighted by Gasteiger charge is -2.15. The first-order valence-corrected chi connectivity index (χ1v) is 4.64. The van der Waals surface area contributed by atoms with Crippen LogP contribution in [0.3, 0.4) is 0 Å². The number of nitriles is 1. The van der Waals surface area contributed by atoms with Gasteiger partial charge in [0, 0.05) is 18.8 Å². The van der Waals surface area contributed by atoms with Crippen molar-refractivity contribution in [1.82, 2.24) is 9.13 Å². The summed E-state index contributed by atoms with van der Waals surface area (Å²) in [4.78, 5) is 23.3. The Kier molecular flexibility index (Phi) is 2.80. The van der Waals surface area contributed by atoms with Crippen molar-refractivity contribution in [3.63, 3.8) is 0 Å². The van der Waals surface area contributed by atoms with Gasteiger partial charge in [0.2, 0.25) is 0 Å². The Labute approximate surface area is 87.2 Å². The topological polar surface area (TPSA) is 67.8 Å². The average Bonchev–Trinajstić information content (AvgIpc) is 2.15. The highest BCUT2D eigenvalue weighted by molar-refractivity contribution is 5.30. The first-order chi connectivity index (χ1) is 6.91. The maximum atomic E-state index is 11.7. The predicted molar refractivity (Wildman–Crippen MR) is 55.8 cm³/mol. The molecule has 1 aromatic heterocycles. The van der Waals surface area contributed by atoms with Crippen LogP contribution >= 0.6 is 0 Å². The van der Waals surface area contributed by atoms with E-state index in [1.807, 2.05) is 19.9 Å². The zero-order valence-electron chi connectivity index (χ0n) is 9.24. The molecule has 0 unspecified atom stereocenters. The van der Waals surface area contributed by atoms with Gasteiger partial charge in [-0.2, -0.15) is 5.26 Å². The Hall–Kier alpha value is -1.83. The standard InChI is InChI=1S/C10H13N3O2/c1-6(2)13-7(3)8(5-11)9(14)12(4)10(13)15/h6H,1-4H3. The molecule has 0 radical (unpaired) electrons. The van der Waals surface area contributed by atoms with Crippen molar-refractivity contribution >= 4 is 0 Å². The zero-order chi connectivity index (χ0) is 11.7. The van der Waals surface area contributed by atoms with Gasteiger partial charge in [-0.3, -0.25) is 13.9 Å². The van der Waals surface area contributed by atoms with Gasteiger partial charge in [0.1, 0.15) is 11.6 Å². The molecule has 1 rings (SSSR count). The molecule has 0 N–H and O–H groups in total. The minimum absolute atomic E-state index is 0.0331. The summed E-state index contributed by atoms with van der Waals surface area (Å²) in [5.74, 6) is 0. The molecule has 1 aromatic rings. The summed E-state index contributed by atoms with van der Waals surface area (Å²) in [5, 5.41) is 8.84. The van der Waals surface area contributed by atoms with Crippen LogP contribution in [-0.4, -0.2) is 9.13 Å². The maximum Gasteiger partial charge on any atom is 0.331 e. The molecule has 0 saturated heterocycles. The second-order valence-electron chi connectivity index (χ2n) is 3.68. The Bertz CT molecular complexity index is 544. The summed E-state index contributed by atoms with van der Waals surface area (Å²) in [7, 11) is 1.38. The fourth-order valence-corrected chi connectivity index (χ4v) is 1.57. The summed E-state index contributed by atoms with van der Waals surface area (Å²) in [6.45, 7) is 5.28. The van der Waals surface area contributed by atoms with Crippen molar-refractivity contribution in [2.75, 3.05) is 0 Å².